The number of aliphatic hydroxyl groups excluding tert-OH is 2. The van der Waals surface area contributed by atoms with Gasteiger partial charge in [0.15, 0.2) is 17.7 Å². The zero-order valence-corrected chi connectivity index (χ0v) is 10.7. The van der Waals surface area contributed by atoms with Crippen LogP contribution in [0, 0.1) is 0 Å². The van der Waals surface area contributed by atoms with Gasteiger partial charge in [-0.2, -0.15) is 0 Å². The second kappa shape index (κ2) is 4.94. The Kier molecular flexibility index (Phi) is 3.26. The Morgan fingerprint density at radius 1 is 1.45 bits per heavy atom. The number of rotatable bonds is 3. The molecular formula is C11H15N5O4. The van der Waals surface area contributed by atoms with E-state index in [0.717, 1.165) is 0 Å². The molecule has 0 aromatic carbocycles. The molecule has 0 aliphatic carbocycles. The summed E-state index contributed by atoms with van der Waals surface area (Å²) in [5, 5.41) is 19.3. The third kappa shape index (κ3) is 1.83. The molecule has 2 aromatic heterocycles. The molecule has 3 rings (SSSR count). The summed E-state index contributed by atoms with van der Waals surface area (Å²) in [4.78, 5) is 12.1. The van der Waals surface area contributed by atoms with Crippen LogP contribution in [0.25, 0.3) is 11.2 Å². The molecular weight excluding hydrogens is 266 g/mol. The fourth-order valence-corrected chi connectivity index (χ4v) is 2.40. The maximum absolute atomic E-state index is 10.0. The quantitative estimate of drug-likeness (QED) is 0.631. The monoisotopic (exact) mass is 281 g/mol. The number of fused-ring (bicyclic) bond motifs is 1. The maximum atomic E-state index is 10.0. The van der Waals surface area contributed by atoms with E-state index in [2.05, 4.69) is 15.0 Å². The Morgan fingerprint density at radius 2 is 2.25 bits per heavy atom. The minimum absolute atomic E-state index is 0.264. The van der Waals surface area contributed by atoms with Crippen LogP contribution in [0.3, 0.4) is 0 Å². The first-order valence-corrected chi connectivity index (χ1v) is 6.07. The largest absolute Gasteiger partial charge is 0.394 e. The molecule has 9 nitrogen and oxygen atoms in total. The summed E-state index contributed by atoms with van der Waals surface area (Å²) in [5.74, 6) is 0.264. The summed E-state index contributed by atoms with van der Waals surface area (Å²) in [7, 11) is 1.46. The van der Waals surface area contributed by atoms with E-state index in [1.165, 1.54) is 19.8 Å². The smallest absolute Gasteiger partial charge is 0.167 e. The van der Waals surface area contributed by atoms with Crippen LogP contribution >= 0.6 is 0 Å². The molecule has 108 valence electrons. The first kappa shape index (κ1) is 13.2. The van der Waals surface area contributed by atoms with Crippen molar-refractivity contribution in [3.63, 3.8) is 0 Å². The number of aromatic nitrogens is 4. The molecule has 4 atom stereocenters. The van der Waals surface area contributed by atoms with Crippen molar-refractivity contribution in [2.24, 2.45) is 0 Å². The normalized spacial score (nSPS) is 30.1. The maximum Gasteiger partial charge on any atom is 0.167 e. The van der Waals surface area contributed by atoms with Crippen LogP contribution in [0.2, 0.25) is 0 Å². The summed E-state index contributed by atoms with van der Waals surface area (Å²) in [5.41, 5.74) is 6.66. The molecule has 2 aromatic rings. The number of ether oxygens (including phenoxy) is 2. The Hall–Kier alpha value is -1.81. The van der Waals surface area contributed by atoms with Crippen molar-refractivity contribution < 1.29 is 19.7 Å². The van der Waals surface area contributed by atoms with Gasteiger partial charge < -0.3 is 25.4 Å². The van der Waals surface area contributed by atoms with Gasteiger partial charge in [-0.1, -0.05) is 0 Å². The number of anilines is 1. The van der Waals surface area contributed by atoms with Gasteiger partial charge in [-0.15, -0.1) is 0 Å². The fraction of sp³-hybridized carbons (Fsp3) is 0.545. The van der Waals surface area contributed by atoms with Gasteiger partial charge in [-0.25, -0.2) is 15.0 Å². The number of hydrogen-bond donors (Lipinski definition) is 3. The van der Waals surface area contributed by atoms with Crippen LogP contribution in [0.4, 0.5) is 5.82 Å². The third-order valence-corrected chi connectivity index (χ3v) is 3.43. The molecule has 1 fully saturated rings. The summed E-state index contributed by atoms with van der Waals surface area (Å²) >= 11 is 0. The molecule has 1 aliphatic rings. The summed E-state index contributed by atoms with van der Waals surface area (Å²) < 4.78 is 12.5. The molecule has 9 heteroatoms. The Morgan fingerprint density at radius 3 is 2.95 bits per heavy atom. The number of aliphatic hydroxyl groups is 2. The zero-order chi connectivity index (χ0) is 14.3. The van der Waals surface area contributed by atoms with E-state index < -0.39 is 24.5 Å². The summed E-state index contributed by atoms with van der Waals surface area (Å²) in [6.45, 7) is -0.304. The van der Waals surface area contributed by atoms with Crippen LogP contribution < -0.4 is 5.73 Å². The Balaban J connectivity index is 2.04. The van der Waals surface area contributed by atoms with Crippen LogP contribution in [0.1, 0.15) is 6.23 Å². The number of nitrogens with zero attached hydrogens (tertiary/aromatic N) is 4. The van der Waals surface area contributed by atoms with E-state index in [4.69, 9.17) is 15.2 Å². The van der Waals surface area contributed by atoms with Crippen molar-refractivity contribution in [3.05, 3.63) is 12.7 Å². The SMILES string of the molecule is CO[C@@H]1[C@H](O)C(CO)O[C@H]1n1cnc2c(N)ncnc21. The highest BCUT2D eigenvalue weighted by atomic mass is 16.6. The standard InChI is InChI=1S/C11H15N5O4/c1-19-8-7(18)5(2-17)20-11(8)16-4-15-6-9(12)13-3-14-10(6)16/h3-5,7-8,11,17-18H,2H2,1H3,(H2,12,13,14)/t5?,7-,8-,11-/m1/s1. The van der Waals surface area contributed by atoms with E-state index in [1.807, 2.05) is 0 Å². The third-order valence-electron chi connectivity index (χ3n) is 3.43. The Labute approximate surface area is 114 Å². The molecule has 0 spiro atoms. The second-order valence-corrected chi connectivity index (χ2v) is 4.52. The van der Waals surface area contributed by atoms with Gasteiger partial charge >= 0.3 is 0 Å². The summed E-state index contributed by atoms with van der Waals surface area (Å²) in [6.07, 6.45) is -0.119. The van der Waals surface area contributed by atoms with Crippen molar-refractivity contribution in [3.8, 4) is 0 Å². The van der Waals surface area contributed by atoms with E-state index in [1.54, 1.807) is 4.57 Å². The highest BCUT2D eigenvalue weighted by Crippen LogP contribution is 2.33. The van der Waals surface area contributed by atoms with Gasteiger partial charge in [0, 0.05) is 7.11 Å². The lowest BCUT2D eigenvalue weighted by Gasteiger charge is -2.19. The lowest BCUT2D eigenvalue weighted by molar-refractivity contribution is -0.0583. The molecule has 4 N–H and O–H groups in total. The number of methoxy groups -OCH3 is 1. The lowest BCUT2D eigenvalue weighted by atomic mass is 10.1. The van der Waals surface area contributed by atoms with Gasteiger partial charge in [0.1, 0.15) is 30.2 Å². The van der Waals surface area contributed by atoms with Crippen molar-refractivity contribution in [2.75, 3.05) is 19.5 Å². The molecule has 0 saturated carbocycles. The van der Waals surface area contributed by atoms with Crippen molar-refractivity contribution in [2.45, 2.75) is 24.5 Å². The fourth-order valence-electron chi connectivity index (χ4n) is 2.40. The van der Waals surface area contributed by atoms with E-state index in [9.17, 15) is 10.2 Å². The minimum Gasteiger partial charge on any atom is -0.394 e. The zero-order valence-electron chi connectivity index (χ0n) is 10.7. The topological polar surface area (TPSA) is 129 Å². The molecule has 0 radical (unpaired) electrons. The lowest BCUT2D eigenvalue weighted by Crippen LogP contribution is -2.34. The van der Waals surface area contributed by atoms with Crippen LogP contribution in [-0.2, 0) is 9.47 Å². The highest BCUT2D eigenvalue weighted by Gasteiger charge is 2.45. The molecule has 1 aliphatic heterocycles. The van der Waals surface area contributed by atoms with Crippen molar-refractivity contribution in [1.29, 1.82) is 0 Å². The predicted molar refractivity (Wildman–Crippen MR) is 67.5 cm³/mol. The van der Waals surface area contributed by atoms with Crippen LogP contribution in [0.5, 0.6) is 0 Å². The second-order valence-electron chi connectivity index (χ2n) is 4.52. The molecule has 1 saturated heterocycles. The van der Waals surface area contributed by atoms with Gasteiger partial charge in [0.25, 0.3) is 0 Å². The summed E-state index contributed by atoms with van der Waals surface area (Å²) in [6, 6.07) is 0. The van der Waals surface area contributed by atoms with E-state index in [0.29, 0.717) is 11.2 Å². The molecule has 0 amide bonds. The van der Waals surface area contributed by atoms with Gasteiger partial charge in [0.2, 0.25) is 0 Å². The number of nitrogen functional groups attached to an aromatic ring is 1. The van der Waals surface area contributed by atoms with Gasteiger partial charge in [-0.3, -0.25) is 4.57 Å². The molecule has 3 heterocycles. The average Bonchev–Trinajstić information content (AvgIpc) is 3.00. The minimum atomic E-state index is -0.938. The first-order chi connectivity index (χ1) is 9.67. The Bertz CT molecular complexity index is 618. The van der Waals surface area contributed by atoms with Crippen molar-refractivity contribution in [1.82, 2.24) is 19.5 Å². The van der Waals surface area contributed by atoms with E-state index >= 15 is 0 Å². The van der Waals surface area contributed by atoms with Gasteiger partial charge in [0.05, 0.1) is 12.9 Å². The number of imidazole rings is 1. The van der Waals surface area contributed by atoms with Crippen molar-refractivity contribution >= 4 is 17.0 Å². The van der Waals surface area contributed by atoms with Crippen LogP contribution in [0.15, 0.2) is 12.7 Å². The molecule has 0 bridgehead atoms. The van der Waals surface area contributed by atoms with Gasteiger partial charge in [-0.05, 0) is 0 Å². The molecule has 1 unspecified atom stereocenters. The van der Waals surface area contributed by atoms with Crippen LogP contribution in [-0.4, -0.2) is 61.8 Å². The molecule has 20 heavy (non-hydrogen) atoms. The van der Waals surface area contributed by atoms with E-state index in [-0.39, 0.29) is 12.4 Å². The number of hydrogen-bond acceptors (Lipinski definition) is 8. The average molecular weight is 281 g/mol. The highest BCUT2D eigenvalue weighted by molar-refractivity contribution is 5.81. The predicted octanol–water partition coefficient (Wildman–Crippen LogP) is -1.33. The number of nitrogens with two attached hydrogens (primary N) is 1. The first-order valence-electron chi connectivity index (χ1n) is 6.07.